The SMILES string of the molecule is Oc1ccccc1N=Nc1c(O)cccc1-c1nsc2ccccc12. The standard InChI is InChI=1S/C19H13N3O2S/c23-15-9-3-2-8-14(15)20-21-19-13(7-5-10-16(19)24)18-12-6-1-4-11-17(12)25-22-18/h1-11,23-24H. The smallest absolute Gasteiger partial charge is 0.143 e. The molecule has 0 bridgehead atoms. The second-order valence-corrected chi connectivity index (χ2v) is 6.19. The Kier molecular flexibility index (Phi) is 3.87. The maximum atomic E-state index is 10.3. The third-order valence-electron chi connectivity index (χ3n) is 3.79. The van der Waals surface area contributed by atoms with Crippen LogP contribution in [-0.2, 0) is 0 Å². The Morgan fingerprint density at radius 3 is 2.40 bits per heavy atom. The second kappa shape index (κ2) is 6.33. The molecule has 0 amide bonds. The fourth-order valence-electron chi connectivity index (χ4n) is 2.56. The molecule has 4 aromatic rings. The molecule has 2 N–H and O–H groups in total. The maximum absolute atomic E-state index is 10.3. The van der Waals surface area contributed by atoms with Crippen molar-refractivity contribution in [2.75, 3.05) is 0 Å². The van der Waals surface area contributed by atoms with Gasteiger partial charge in [0.15, 0.2) is 0 Å². The quantitative estimate of drug-likeness (QED) is 0.460. The summed E-state index contributed by atoms with van der Waals surface area (Å²) < 4.78 is 5.58. The Morgan fingerprint density at radius 2 is 1.52 bits per heavy atom. The van der Waals surface area contributed by atoms with Gasteiger partial charge in [-0.1, -0.05) is 42.5 Å². The molecule has 0 radical (unpaired) electrons. The van der Waals surface area contributed by atoms with E-state index in [4.69, 9.17) is 0 Å². The van der Waals surface area contributed by atoms with E-state index in [0.717, 1.165) is 15.8 Å². The predicted molar refractivity (Wildman–Crippen MR) is 99.0 cm³/mol. The second-order valence-electron chi connectivity index (χ2n) is 5.39. The van der Waals surface area contributed by atoms with Crippen molar-refractivity contribution in [1.82, 2.24) is 4.37 Å². The summed E-state index contributed by atoms with van der Waals surface area (Å²) in [7, 11) is 0. The van der Waals surface area contributed by atoms with Gasteiger partial charge in [-0.05, 0) is 35.8 Å². The van der Waals surface area contributed by atoms with Crippen LogP contribution in [0, 0.1) is 0 Å². The molecular formula is C19H13N3O2S. The highest BCUT2D eigenvalue weighted by Crippen LogP contribution is 2.41. The van der Waals surface area contributed by atoms with Gasteiger partial charge in [-0.3, -0.25) is 0 Å². The maximum Gasteiger partial charge on any atom is 0.143 e. The van der Waals surface area contributed by atoms with Crippen molar-refractivity contribution in [3.8, 4) is 22.8 Å². The minimum atomic E-state index is 0.00810. The summed E-state index contributed by atoms with van der Waals surface area (Å²) in [6.45, 7) is 0. The van der Waals surface area contributed by atoms with E-state index in [9.17, 15) is 10.2 Å². The summed E-state index contributed by atoms with van der Waals surface area (Å²) in [5.41, 5.74) is 2.10. The van der Waals surface area contributed by atoms with Gasteiger partial charge >= 0.3 is 0 Å². The van der Waals surface area contributed by atoms with Crippen LogP contribution in [0.3, 0.4) is 0 Å². The molecule has 5 nitrogen and oxygen atoms in total. The molecule has 0 saturated carbocycles. The summed E-state index contributed by atoms with van der Waals surface area (Å²) >= 11 is 1.40. The van der Waals surface area contributed by atoms with Gasteiger partial charge in [-0.2, -0.15) is 4.37 Å². The lowest BCUT2D eigenvalue weighted by Gasteiger charge is -2.05. The van der Waals surface area contributed by atoms with Gasteiger partial charge in [0.25, 0.3) is 0 Å². The van der Waals surface area contributed by atoms with Gasteiger partial charge in [-0.15, -0.1) is 10.2 Å². The first-order valence-corrected chi connectivity index (χ1v) is 8.38. The molecule has 25 heavy (non-hydrogen) atoms. The molecule has 1 heterocycles. The van der Waals surface area contributed by atoms with E-state index in [1.54, 1.807) is 30.3 Å². The summed E-state index contributed by atoms with van der Waals surface area (Å²) in [6.07, 6.45) is 0. The molecule has 4 rings (SSSR count). The average molecular weight is 347 g/mol. The van der Waals surface area contributed by atoms with Crippen molar-refractivity contribution >= 4 is 33.0 Å². The predicted octanol–water partition coefficient (Wildman–Crippen LogP) is 5.79. The van der Waals surface area contributed by atoms with Crippen LogP contribution in [0.4, 0.5) is 11.4 Å². The molecule has 0 spiro atoms. The molecule has 0 unspecified atom stereocenters. The summed E-state index contributed by atoms with van der Waals surface area (Å²) in [4.78, 5) is 0. The van der Waals surface area contributed by atoms with Gasteiger partial charge in [0.05, 0.1) is 10.4 Å². The number of rotatable bonds is 3. The number of nitrogens with zero attached hydrogens (tertiary/aromatic N) is 3. The van der Waals surface area contributed by atoms with Crippen LogP contribution in [0.2, 0.25) is 0 Å². The third-order valence-corrected chi connectivity index (χ3v) is 4.61. The van der Waals surface area contributed by atoms with Gasteiger partial charge in [0, 0.05) is 10.9 Å². The van der Waals surface area contributed by atoms with E-state index < -0.39 is 0 Å². The third kappa shape index (κ3) is 2.83. The number of hydrogen-bond acceptors (Lipinski definition) is 6. The number of para-hydroxylation sites is 1. The van der Waals surface area contributed by atoms with Gasteiger partial charge in [0.1, 0.15) is 22.9 Å². The molecule has 0 fully saturated rings. The molecule has 0 aliphatic rings. The average Bonchev–Trinajstić information content (AvgIpc) is 3.06. The van der Waals surface area contributed by atoms with Crippen LogP contribution in [0.25, 0.3) is 21.3 Å². The number of fused-ring (bicyclic) bond motifs is 1. The first-order valence-electron chi connectivity index (χ1n) is 7.60. The van der Waals surface area contributed by atoms with E-state index in [-0.39, 0.29) is 11.5 Å². The Labute approximate surface area is 147 Å². The lowest BCUT2D eigenvalue weighted by molar-refractivity contribution is 0.474. The molecule has 0 saturated heterocycles. The molecular weight excluding hydrogens is 334 g/mol. The molecule has 0 aliphatic carbocycles. The zero-order valence-electron chi connectivity index (χ0n) is 13.0. The van der Waals surface area contributed by atoms with Crippen molar-refractivity contribution in [2.45, 2.75) is 0 Å². The normalized spacial score (nSPS) is 11.4. The van der Waals surface area contributed by atoms with Crippen LogP contribution >= 0.6 is 11.5 Å². The van der Waals surface area contributed by atoms with Crippen LogP contribution < -0.4 is 0 Å². The number of aromatic nitrogens is 1. The Balaban J connectivity index is 1.85. The van der Waals surface area contributed by atoms with Crippen molar-refractivity contribution in [3.05, 3.63) is 66.7 Å². The number of aromatic hydroxyl groups is 2. The zero-order chi connectivity index (χ0) is 17.2. The van der Waals surface area contributed by atoms with E-state index in [0.29, 0.717) is 16.9 Å². The molecule has 0 aliphatic heterocycles. The van der Waals surface area contributed by atoms with Gasteiger partial charge in [-0.25, -0.2) is 0 Å². The van der Waals surface area contributed by atoms with Crippen LogP contribution in [0.1, 0.15) is 0 Å². The minimum Gasteiger partial charge on any atom is -0.506 e. The Bertz CT molecular complexity index is 1090. The first-order chi connectivity index (χ1) is 12.2. The van der Waals surface area contributed by atoms with Gasteiger partial charge in [0.2, 0.25) is 0 Å². The first kappa shape index (κ1) is 15.3. The van der Waals surface area contributed by atoms with Crippen molar-refractivity contribution in [3.63, 3.8) is 0 Å². The number of phenolic OH excluding ortho intramolecular Hbond substituents is 2. The minimum absolute atomic E-state index is 0.00810. The van der Waals surface area contributed by atoms with E-state index in [1.165, 1.54) is 17.6 Å². The number of phenols is 2. The topological polar surface area (TPSA) is 78.1 Å². The summed E-state index contributed by atoms with van der Waals surface area (Å²) in [5.74, 6) is 0.0380. The van der Waals surface area contributed by atoms with Gasteiger partial charge < -0.3 is 10.2 Å². The fraction of sp³-hybridized carbons (Fsp3) is 0. The fourth-order valence-corrected chi connectivity index (χ4v) is 3.35. The molecule has 122 valence electrons. The highest BCUT2D eigenvalue weighted by molar-refractivity contribution is 7.13. The number of hydrogen-bond donors (Lipinski definition) is 2. The number of azo groups is 1. The molecule has 1 aromatic heterocycles. The highest BCUT2D eigenvalue weighted by atomic mass is 32.1. The lowest BCUT2D eigenvalue weighted by Crippen LogP contribution is -1.80. The summed E-state index contributed by atoms with van der Waals surface area (Å²) in [6, 6.07) is 19.7. The largest absolute Gasteiger partial charge is 0.506 e. The monoisotopic (exact) mass is 347 g/mol. The highest BCUT2D eigenvalue weighted by Gasteiger charge is 2.15. The van der Waals surface area contributed by atoms with Crippen molar-refractivity contribution < 1.29 is 10.2 Å². The van der Waals surface area contributed by atoms with Crippen LogP contribution in [0.15, 0.2) is 77.0 Å². The van der Waals surface area contributed by atoms with Crippen molar-refractivity contribution in [2.24, 2.45) is 10.2 Å². The Morgan fingerprint density at radius 1 is 0.760 bits per heavy atom. The number of benzene rings is 3. The van der Waals surface area contributed by atoms with E-state index in [1.807, 2.05) is 30.3 Å². The molecule has 6 heteroatoms. The van der Waals surface area contributed by atoms with Crippen molar-refractivity contribution in [1.29, 1.82) is 0 Å². The lowest BCUT2D eigenvalue weighted by atomic mass is 10.1. The van der Waals surface area contributed by atoms with Crippen LogP contribution in [-0.4, -0.2) is 14.6 Å². The van der Waals surface area contributed by atoms with E-state index in [2.05, 4.69) is 14.6 Å². The molecule has 3 aromatic carbocycles. The summed E-state index contributed by atoms with van der Waals surface area (Å²) in [5, 5.41) is 29.3. The molecule has 0 atom stereocenters. The van der Waals surface area contributed by atoms with Crippen LogP contribution in [0.5, 0.6) is 11.5 Å². The Hall–Kier alpha value is -3.25. The zero-order valence-corrected chi connectivity index (χ0v) is 13.8. The van der Waals surface area contributed by atoms with E-state index >= 15 is 0 Å².